The van der Waals surface area contributed by atoms with E-state index in [1.165, 1.54) is 0 Å². The van der Waals surface area contributed by atoms with Crippen molar-refractivity contribution in [1.29, 1.82) is 0 Å². The number of rotatable bonds is 5. The van der Waals surface area contributed by atoms with Crippen LogP contribution in [0.2, 0.25) is 0 Å². The number of esters is 1. The number of ether oxygens (including phenoxy) is 2. The Morgan fingerprint density at radius 1 is 1.33 bits per heavy atom. The summed E-state index contributed by atoms with van der Waals surface area (Å²) in [5, 5.41) is 10.9. The predicted octanol–water partition coefficient (Wildman–Crippen LogP) is 1.80. The van der Waals surface area contributed by atoms with Crippen LogP contribution in [0.1, 0.15) is 18.4 Å². The summed E-state index contributed by atoms with van der Waals surface area (Å²) in [6, 6.07) is 9.70. The van der Waals surface area contributed by atoms with Gasteiger partial charge in [0.05, 0.1) is 25.0 Å². The quantitative estimate of drug-likeness (QED) is 0.469. The minimum absolute atomic E-state index is 0.0799. The Morgan fingerprint density at radius 2 is 2.10 bits per heavy atom. The smallest absolute Gasteiger partial charge is 0.306 e. The molecule has 0 aromatic heterocycles. The van der Waals surface area contributed by atoms with E-state index in [-0.39, 0.29) is 47.9 Å². The molecule has 6 heteroatoms. The molecule has 6 nitrogen and oxygen atoms in total. The average molecular weight is 291 g/mol. The van der Waals surface area contributed by atoms with Crippen LogP contribution in [0.4, 0.5) is 0 Å². The first kappa shape index (κ1) is 14.0. The Kier molecular flexibility index (Phi) is 3.88. The highest BCUT2D eigenvalue weighted by molar-refractivity contribution is 5.72. The molecule has 3 rings (SSSR count). The molecule has 0 N–H and O–H groups in total. The predicted molar refractivity (Wildman–Crippen MR) is 73.0 cm³/mol. The maximum absolute atomic E-state index is 11.3. The van der Waals surface area contributed by atoms with Crippen molar-refractivity contribution in [3.05, 3.63) is 46.0 Å². The number of nitrogens with zero attached hydrogens (tertiary/aromatic N) is 1. The van der Waals surface area contributed by atoms with Gasteiger partial charge < -0.3 is 9.47 Å². The Morgan fingerprint density at radius 3 is 2.81 bits per heavy atom. The van der Waals surface area contributed by atoms with Gasteiger partial charge in [-0.15, -0.1) is 0 Å². The summed E-state index contributed by atoms with van der Waals surface area (Å²) in [4.78, 5) is 21.9. The molecule has 0 radical (unpaired) electrons. The second-order valence-corrected chi connectivity index (χ2v) is 5.65. The van der Waals surface area contributed by atoms with Crippen molar-refractivity contribution in [2.24, 2.45) is 11.8 Å². The van der Waals surface area contributed by atoms with Crippen molar-refractivity contribution in [3.8, 4) is 0 Å². The van der Waals surface area contributed by atoms with Crippen LogP contribution < -0.4 is 0 Å². The third kappa shape index (κ3) is 3.05. The number of benzene rings is 1. The molecule has 0 unspecified atom stereocenters. The summed E-state index contributed by atoms with van der Waals surface area (Å²) < 4.78 is 11.1. The largest absolute Gasteiger partial charge is 0.462 e. The zero-order valence-corrected chi connectivity index (χ0v) is 11.5. The van der Waals surface area contributed by atoms with Gasteiger partial charge in [0.2, 0.25) is 6.54 Å². The molecule has 1 aliphatic heterocycles. The van der Waals surface area contributed by atoms with Crippen LogP contribution in [0.25, 0.3) is 0 Å². The van der Waals surface area contributed by atoms with E-state index in [1.807, 2.05) is 30.3 Å². The van der Waals surface area contributed by atoms with Crippen molar-refractivity contribution in [1.82, 2.24) is 0 Å². The third-order valence-corrected chi connectivity index (χ3v) is 4.32. The molecule has 1 saturated heterocycles. The van der Waals surface area contributed by atoms with E-state index < -0.39 is 0 Å². The molecule has 0 spiro atoms. The van der Waals surface area contributed by atoms with Gasteiger partial charge >= 0.3 is 5.97 Å². The van der Waals surface area contributed by atoms with Crippen molar-refractivity contribution in [2.75, 3.05) is 6.54 Å². The van der Waals surface area contributed by atoms with E-state index in [9.17, 15) is 14.9 Å². The number of fused-ring (bicyclic) bond motifs is 1. The fourth-order valence-electron chi connectivity index (χ4n) is 3.35. The van der Waals surface area contributed by atoms with Crippen LogP contribution in [0.5, 0.6) is 0 Å². The van der Waals surface area contributed by atoms with E-state index in [2.05, 4.69) is 0 Å². The average Bonchev–Trinajstić information content (AvgIpc) is 2.95. The van der Waals surface area contributed by atoms with Crippen LogP contribution in [-0.4, -0.2) is 29.6 Å². The number of hydrogen-bond acceptors (Lipinski definition) is 5. The van der Waals surface area contributed by atoms with Crippen molar-refractivity contribution in [2.45, 2.75) is 31.7 Å². The normalized spacial score (nSPS) is 31.0. The van der Waals surface area contributed by atoms with Gasteiger partial charge in [0.15, 0.2) is 0 Å². The minimum atomic E-state index is -0.325. The molecule has 2 aliphatic rings. The molecule has 2 fully saturated rings. The van der Waals surface area contributed by atoms with Crippen LogP contribution in [-0.2, 0) is 20.9 Å². The maximum Gasteiger partial charge on any atom is 0.306 e. The fraction of sp³-hybridized carbons (Fsp3) is 0.533. The van der Waals surface area contributed by atoms with E-state index in [0.29, 0.717) is 13.0 Å². The highest BCUT2D eigenvalue weighted by atomic mass is 16.6. The lowest BCUT2D eigenvalue weighted by molar-refractivity contribution is -0.491. The summed E-state index contributed by atoms with van der Waals surface area (Å²) in [6.07, 6.45) is 0.387. The molecule has 112 valence electrons. The van der Waals surface area contributed by atoms with Gasteiger partial charge in [0.25, 0.3) is 0 Å². The Balaban J connectivity index is 1.66. The standard InChI is InChI=1S/C15H17NO5/c17-15-6-11-12(8-16(18)19)13(7-14(11)21-15)20-9-10-4-2-1-3-5-10/h1-5,11-14H,6-9H2/t11-,12-,13-,14+/m1/s1. The topological polar surface area (TPSA) is 78.7 Å². The Bertz CT molecular complexity index is 532. The van der Waals surface area contributed by atoms with Crippen LogP contribution >= 0.6 is 0 Å². The summed E-state index contributed by atoms with van der Waals surface area (Å²) in [7, 11) is 0. The summed E-state index contributed by atoms with van der Waals surface area (Å²) >= 11 is 0. The number of nitro groups is 1. The third-order valence-electron chi connectivity index (χ3n) is 4.32. The Hall–Kier alpha value is -1.95. The second-order valence-electron chi connectivity index (χ2n) is 5.65. The first-order valence-corrected chi connectivity index (χ1v) is 7.10. The van der Waals surface area contributed by atoms with E-state index in [0.717, 1.165) is 5.56 Å². The van der Waals surface area contributed by atoms with Crippen molar-refractivity contribution in [3.63, 3.8) is 0 Å². The number of carbonyl (C=O) groups is 1. The van der Waals surface area contributed by atoms with Gasteiger partial charge in [-0.25, -0.2) is 0 Å². The summed E-state index contributed by atoms with van der Waals surface area (Å²) in [6.45, 7) is 0.254. The van der Waals surface area contributed by atoms with E-state index in [1.54, 1.807) is 0 Å². The zero-order chi connectivity index (χ0) is 14.8. The summed E-state index contributed by atoms with van der Waals surface area (Å²) in [5.41, 5.74) is 1.03. The first-order chi connectivity index (χ1) is 10.1. The van der Waals surface area contributed by atoms with Gasteiger partial charge in [-0.2, -0.15) is 0 Å². The molecule has 1 heterocycles. The van der Waals surface area contributed by atoms with Gasteiger partial charge in [-0.3, -0.25) is 14.9 Å². The van der Waals surface area contributed by atoms with E-state index >= 15 is 0 Å². The Labute approximate surface area is 122 Å². The highest BCUT2D eigenvalue weighted by Gasteiger charge is 2.52. The fourth-order valence-corrected chi connectivity index (χ4v) is 3.35. The number of hydrogen-bond donors (Lipinski definition) is 0. The van der Waals surface area contributed by atoms with Gasteiger partial charge in [-0.1, -0.05) is 30.3 Å². The van der Waals surface area contributed by atoms with Crippen molar-refractivity contribution < 1.29 is 19.2 Å². The molecule has 0 bridgehead atoms. The van der Waals surface area contributed by atoms with Crippen molar-refractivity contribution >= 4 is 5.97 Å². The zero-order valence-electron chi connectivity index (χ0n) is 11.5. The lowest BCUT2D eigenvalue weighted by Gasteiger charge is -2.19. The molecule has 4 atom stereocenters. The molecule has 1 saturated carbocycles. The van der Waals surface area contributed by atoms with Gasteiger partial charge in [-0.05, 0) is 5.56 Å². The highest BCUT2D eigenvalue weighted by Crippen LogP contribution is 2.43. The molecule has 1 aromatic carbocycles. The minimum Gasteiger partial charge on any atom is -0.462 e. The van der Waals surface area contributed by atoms with Crippen LogP contribution in [0, 0.1) is 22.0 Å². The molecule has 1 aromatic rings. The number of carbonyl (C=O) groups excluding carboxylic acids is 1. The molecular weight excluding hydrogens is 274 g/mol. The maximum atomic E-state index is 11.3. The monoisotopic (exact) mass is 291 g/mol. The van der Waals surface area contributed by atoms with Gasteiger partial charge in [0.1, 0.15) is 6.10 Å². The molecular formula is C15H17NO5. The van der Waals surface area contributed by atoms with Crippen LogP contribution in [0.15, 0.2) is 30.3 Å². The summed E-state index contributed by atoms with van der Waals surface area (Å²) in [5.74, 6) is -0.580. The molecule has 1 aliphatic carbocycles. The lowest BCUT2D eigenvalue weighted by atomic mass is 9.92. The first-order valence-electron chi connectivity index (χ1n) is 7.10. The van der Waals surface area contributed by atoms with Gasteiger partial charge in [0, 0.05) is 17.3 Å². The molecule has 0 amide bonds. The SMILES string of the molecule is O=C1C[C@@H]2[C@@H](C[N+](=O)[O-])[C@H](OCc3ccccc3)C[C@@H]2O1. The second kappa shape index (κ2) is 5.81. The lowest BCUT2D eigenvalue weighted by Crippen LogP contribution is -2.29. The van der Waals surface area contributed by atoms with Crippen LogP contribution in [0.3, 0.4) is 0 Å². The van der Waals surface area contributed by atoms with E-state index in [4.69, 9.17) is 9.47 Å². The molecule has 21 heavy (non-hydrogen) atoms.